The van der Waals surface area contributed by atoms with Crippen LogP contribution in [0.15, 0.2) is 52.0 Å². The van der Waals surface area contributed by atoms with Gasteiger partial charge in [-0.05, 0) is 37.6 Å². The summed E-state index contributed by atoms with van der Waals surface area (Å²) < 4.78 is 0.936. The second-order valence-electron chi connectivity index (χ2n) is 6.57. The van der Waals surface area contributed by atoms with E-state index in [1.807, 2.05) is 24.3 Å². The summed E-state index contributed by atoms with van der Waals surface area (Å²) in [5.74, 6) is -0.278. The normalized spacial score (nSPS) is 33.6. The zero-order chi connectivity index (χ0) is 16.3. The summed E-state index contributed by atoms with van der Waals surface area (Å²) >= 11 is 3.39. The Kier molecular flexibility index (Phi) is 3.34. The van der Waals surface area contributed by atoms with Crippen molar-refractivity contribution >= 4 is 33.4 Å². The van der Waals surface area contributed by atoms with Crippen molar-refractivity contribution in [2.24, 2.45) is 23.7 Å². The molecule has 1 aromatic carbocycles. The molecule has 1 aliphatic heterocycles. The third-order valence-corrected chi connectivity index (χ3v) is 6.05. The third kappa shape index (κ3) is 1.94. The second-order valence-corrected chi connectivity index (χ2v) is 7.48. The van der Waals surface area contributed by atoms with Gasteiger partial charge in [-0.2, -0.15) is 0 Å². The van der Waals surface area contributed by atoms with E-state index in [4.69, 9.17) is 0 Å². The van der Waals surface area contributed by atoms with Gasteiger partial charge in [0.2, 0.25) is 11.8 Å². The minimum Gasteiger partial charge on any atom is -0.274 e. The summed E-state index contributed by atoms with van der Waals surface area (Å²) in [5.41, 5.74) is 3.32. The van der Waals surface area contributed by atoms with Crippen LogP contribution in [0, 0.1) is 23.7 Å². The van der Waals surface area contributed by atoms with E-state index in [9.17, 15) is 9.59 Å². The highest BCUT2D eigenvalue weighted by molar-refractivity contribution is 9.10. The van der Waals surface area contributed by atoms with Crippen LogP contribution in [-0.4, -0.2) is 11.8 Å². The van der Waals surface area contributed by atoms with Crippen LogP contribution in [0.2, 0.25) is 0 Å². The molecular weight excluding hydrogens is 354 g/mol. The van der Waals surface area contributed by atoms with Crippen LogP contribution in [-0.2, 0) is 9.59 Å². The van der Waals surface area contributed by atoms with E-state index < -0.39 is 0 Å². The molecule has 0 N–H and O–H groups in total. The monoisotopic (exact) mass is 371 g/mol. The minimum absolute atomic E-state index is 0.0411. The van der Waals surface area contributed by atoms with Gasteiger partial charge in [0, 0.05) is 16.3 Å². The molecule has 1 saturated carbocycles. The maximum absolute atomic E-state index is 13.0. The second kappa shape index (κ2) is 5.17. The molecule has 118 valence electrons. The fraction of sp³-hybridized carbons (Fsp3) is 0.368. The highest BCUT2D eigenvalue weighted by Gasteiger charge is 2.61. The van der Waals surface area contributed by atoms with E-state index in [2.05, 4.69) is 41.9 Å². The quantitative estimate of drug-likeness (QED) is 0.579. The van der Waals surface area contributed by atoms with Gasteiger partial charge in [0.15, 0.2) is 0 Å². The van der Waals surface area contributed by atoms with Crippen molar-refractivity contribution in [2.75, 3.05) is 4.90 Å². The van der Waals surface area contributed by atoms with Crippen molar-refractivity contribution < 1.29 is 9.59 Å². The average Bonchev–Trinajstić information content (AvgIpc) is 3.18. The number of imide groups is 1. The molecule has 3 nitrogen and oxygen atoms in total. The Labute approximate surface area is 144 Å². The van der Waals surface area contributed by atoms with Crippen LogP contribution in [0.4, 0.5) is 5.69 Å². The zero-order valence-electron chi connectivity index (χ0n) is 13.1. The van der Waals surface area contributed by atoms with Gasteiger partial charge in [-0.3, -0.25) is 9.59 Å². The number of halogens is 1. The lowest BCUT2D eigenvalue weighted by molar-refractivity contribution is -0.122. The molecule has 23 heavy (non-hydrogen) atoms. The molecule has 1 heterocycles. The summed E-state index contributed by atoms with van der Waals surface area (Å²) in [4.78, 5) is 27.3. The first kappa shape index (κ1) is 14.9. The number of carbonyl (C=O) groups is 2. The Hall–Kier alpha value is -1.68. The van der Waals surface area contributed by atoms with Gasteiger partial charge in [-0.15, -0.1) is 0 Å². The molecule has 0 unspecified atom stereocenters. The van der Waals surface area contributed by atoms with Crippen LogP contribution in [0.3, 0.4) is 0 Å². The van der Waals surface area contributed by atoms with E-state index in [0.29, 0.717) is 5.69 Å². The van der Waals surface area contributed by atoms with Crippen molar-refractivity contribution in [1.82, 2.24) is 0 Å². The molecule has 2 bridgehead atoms. The molecule has 4 rings (SSSR count). The molecule has 0 spiro atoms. The van der Waals surface area contributed by atoms with Crippen molar-refractivity contribution in [3.63, 3.8) is 0 Å². The lowest BCUT2D eigenvalue weighted by atomic mass is 9.85. The van der Waals surface area contributed by atoms with Gasteiger partial charge >= 0.3 is 0 Å². The number of nitrogens with zero attached hydrogens (tertiary/aromatic N) is 1. The van der Waals surface area contributed by atoms with E-state index in [-0.39, 0.29) is 35.5 Å². The maximum Gasteiger partial charge on any atom is 0.238 e. The number of hydrogen-bond acceptors (Lipinski definition) is 2. The number of rotatable bonds is 2. The first-order chi connectivity index (χ1) is 11.0. The SMILES string of the molecule is CCC(C)=C1[C@H]2C=C[C@@H]1[C@H]1C(=O)N(c3ccc(Br)cc3)C(=O)[C@@H]12. The van der Waals surface area contributed by atoms with Gasteiger partial charge in [0.25, 0.3) is 0 Å². The molecule has 0 aromatic heterocycles. The number of carbonyl (C=O) groups excluding carboxylic acids is 2. The van der Waals surface area contributed by atoms with Crippen LogP contribution >= 0.6 is 15.9 Å². The molecule has 4 atom stereocenters. The van der Waals surface area contributed by atoms with Crippen LogP contribution in [0.1, 0.15) is 20.3 Å². The number of anilines is 1. The van der Waals surface area contributed by atoms with E-state index >= 15 is 0 Å². The maximum atomic E-state index is 13.0. The standard InChI is InChI=1S/C19H18BrNO2/c1-3-10(2)15-13-8-9-14(15)17-16(13)18(22)21(19(17)23)12-6-4-11(20)5-7-12/h4-9,13-14,16-17H,3H2,1-2H3/t13-,14+,16-,17-/m1/s1. The Morgan fingerprint density at radius 2 is 1.57 bits per heavy atom. The molecule has 2 aliphatic carbocycles. The van der Waals surface area contributed by atoms with Crippen LogP contribution in [0.5, 0.6) is 0 Å². The zero-order valence-corrected chi connectivity index (χ0v) is 14.7. The molecule has 1 aromatic rings. The molecule has 1 saturated heterocycles. The summed E-state index contributed by atoms with van der Waals surface area (Å²) in [7, 11) is 0. The number of fused-ring (bicyclic) bond motifs is 5. The fourth-order valence-corrected chi connectivity index (χ4v) is 4.65. The summed E-state index contributed by atoms with van der Waals surface area (Å²) in [6.45, 7) is 4.26. The summed E-state index contributed by atoms with van der Waals surface area (Å²) in [5, 5.41) is 0. The molecule has 0 radical (unpaired) electrons. The largest absolute Gasteiger partial charge is 0.274 e. The molecule has 2 fully saturated rings. The third-order valence-electron chi connectivity index (χ3n) is 5.52. The van der Waals surface area contributed by atoms with Crippen molar-refractivity contribution in [2.45, 2.75) is 20.3 Å². The van der Waals surface area contributed by atoms with Crippen LogP contribution in [0.25, 0.3) is 0 Å². The van der Waals surface area contributed by atoms with Gasteiger partial charge in [0.05, 0.1) is 17.5 Å². The predicted octanol–water partition coefficient (Wildman–Crippen LogP) is 4.10. The average molecular weight is 372 g/mol. The summed E-state index contributed by atoms with van der Waals surface area (Å²) in [6, 6.07) is 7.38. The van der Waals surface area contributed by atoms with Crippen LogP contribution < -0.4 is 4.90 Å². The Balaban J connectivity index is 1.74. The van der Waals surface area contributed by atoms with Crippen molar-refractivity contribution in [3.05, 3.63) is 52.0 Å². The number of amides is 2. The van der Waals surface area contributed by atoms with E-state index in [1.165, 1.54) is 16.0 Å². The lowest BCUT2D eigenvalue weighted by Gasteiger charge is -2.19. The molecule has 3 aliphatic rings. The highest BCUT2D eigenvalue weighted by atomic mass is 79.9. The van der Waals surface area contributed by atoms with Gasteiger partial charge in [-0.25, -0.2) is 4.90 Å². The molecular formula is C19H18BrNO2. The first-order valence-electron chi connectivity index (χ1n) is 8.05. The topological polar surface area (TPSA) is 37.4 Å². The Morgan fingerprint density at radius 1 is 1.04 bits per heavy atom. The number of allylic oxidation sites excluding steroid dienone is 4. The number of benzene rings is 1. The van der Waals surface area contributed by atoms with Gasteiger partial charge in [0.1, 0.15) is 0 Å². The summed E-state index contributed by atoms with van der Waals surface area (Å²) in [6.07, 6.45) is 5.25. The number of hydrogen-bond donors (Lipinski definition) is 0. The van der Waals surface area contributed by atoms with Gasteiger partial charge < -0.3 is 0 Å². The van der Waals surface area contributed by atoms with E-state index in [0.717, 1.165) is 10.9 Å². The van der Waals surface area contributed by atoms with Gasteiger partial charge in [-0.1, -0.05) is 46.2 Å². The predicted molar refractivity (Wildman–Crippen MR) is 92.7 cm³/mol. The first-order valence-corrected chi connectivity index (χ1v) is 8.85. The fourth-order valence-electron chi connectivity index (χ4n) is 4.38. The Morgan fingerprint density at radius 3 is 2.04 bits per heavy atom. The lowest BCUT2D eigenvalue weighted by Crippen LogP contribution is -2.33. The minimum atomic E-state index is -0.211. The highest BCUT2D eigenvalue weighted by Crippen LogP contribution is 2.57. The van der Waals surface area contributed by atoms with Crippen molar-refractivity contribution in [3.8, 4) is 0 Å². The van der Waals surface area contributed by atoms with E-state index in [1.54, 1.807) is 0 Å². The molecule has 2 amide bonds. The molecule has 4 heteroatoms. The smallest absolute Gasteiger partial charge is 0.238 e. The van der Waals surface area contributed by atoms with Crippen molar-refractivity contribution in [1.29, 1.82) is 0 Å². The Bertz CT molecular complexity index is 728.